The molecule has 0 N–H and O–H groups in total. The van der Waals surface area contributed by atoms with Crippen LogP contribution in [0, 0.1) is 71.0 Å². The third-order valence-electron chi connectivity index (χ3n) is 21.9. The molecule has 0 aliphatic heterocycles. The van der Waals surface area contributed by atoms with Crippen LogP contribution in [0.1, 0.15) is 232 Å². The second-order valence-corrected chi connectivity index (χ2v) is 26.4. The molecule has 0 unspecified atom stereocenters. The standard InChI is InChI=1S/C53H66O.C6H14/c54-49(43-13-45(50-19-31-1-32(20-50)3-33(2-31)21-50)17-46(14-43)51-22-34-4-35(23-51)6-36(5-34)24-51)44-15-47(52-25-37-7-38(26-52)9-39(8-37)27-52)18-48(16-44)53-28-40-10-41(29-53)12-42(11-40)30-53;1-3-5-6-4-2/h13-18,31-42H,1-12,19-30H2;3-6H2,1-2H3. The van der Waals surface area contributed by atoms with Gasteiger partial charge < -0.3 is 0 Å². The van der Waals surface area contributed by atoms with E-state index in [1.165, 1.54) is 180 Å². The molecule has 2 aromatic carbocycles. The van der Waals surface area contributed by atoms with Crippen molar-refractivity contribution in [2.75, 3.05) is 0 Å². The number of carbonyl (C=O) groups is 1. The first-order valence-corrected chi connectivity index (χ1v) is 27.0. The summed E-state index contributed by atoms with van der Waals surface area (Å²) in [6.07, 6.45) is 40.2. The molecule has 0 spiro atoms. The molecule has 16 saturated carbocycles. The number of unbranched alkanes of at least 4 members (excludes halogenated alkanes) is 3. The number of hydrogen-bond acceptors (Lipinski definition) is 1. The average molecular weight is 805 g/mol. The highest BCUT2D eigenvalue weighted by Crippen LogP contribution is 2.66. The first kappa shape index (κ1) is 38.6. The van der Waals surface area contributed by atoms with Crippen LogP contribution in [0.25, 0.3) is 0 Å². The summed E-state index contributed by atoms with van der Waals surface area (Å²) in [5, 5.41) is 0. The highest BCUT2D eigenvalue weighted by Gasteiger charge is 2.57. The van der Waals surface area contributed by atoms with E-state index in [9.17, 15) is 0 Å². The van der Waals surface area contributed by atoms with E-state index in [4.69, 9.17) is 0 Å². The van der Waals surface area contributed by atoms with Gasteiger partial charge in [0.2, 0.25) is 0 Å². The highest BCUT2D eigenvalue weighted by molar-refractivity contribution is 6.09. The van der Waals surface area contributed by atoms with Crippen molar-refractivity contribution in [3.05, 3.63) is 69.8 Å². The second-order valence-electron chi connectivity index (χ2n) is 26.4. The third-order valence-corrected chi connectivity index (χ3v) is 21.9. The minimum atomic E-state index is 0.327. The van der Waals surface area contributed by atoms with Crippen LogP contribution in [0.3, 0.4) is 0 Å². The van der Waals surface area contributed by atoms with E-state index in [1.54, 1.807) is 22.3 Å². The van der Waals surface area contributed by atoms with Gasteiger partial charge in [0.05, 0.1) is 0 Å². The number of rotatable bonds is 9. The Kier molecular flexibility index (Phi) is 9.03. The van der Waals surface area contributed by atoms with Gasteiger partial charge in [-0.3, -0.25) is 4.79 Å². The zero-order valence-electron chi connectivity index (χ0n) is 38.1. The molecule has 322 valence electrons. The number of benzene rings is 2. The molecule has 0 saturated heterocycles. The SMILES string of the molecule is CCCCCC.O=C(c1cc(C23CC4CC(CC(C4)C2)C3)cc(C23CC4CC(CC(C4)C2)C3)c1)c1cc(C23CC4CC(CC(C4)C2)C3)cc(C23CC4CC(CC(C4)C2)C3)c1. The minimum absolute atomic E-state index is 0.327. The van der Waals surface area contributed by atoms with E-state index >= 15 is 4.79 Å². The molecule has 0 atom stereocenters. The van der Waals surface area contributed by atoms with Gasteiger partial charge in [0, 0.05) is 11.1 Å². The molecule has 1 heteroatoms. The summed E-state index contributed by atoms with van der Waals surface area (Å²) >= 11 is 0. The third kappa shape index (κ3) is 6.25. The summed E-state index contributed by atoms with van der Waals surface area (Å²) in [5.74, 6) is 11.5. The van der Waals surface area contributed by atoms with E-state index in [0.717, 1.165) is 82.1 Å². The highest BCUT2D eigenvalue weighted by atomic mass is 16.1. The lowest BCUT2D eigenvalue weighted by Crippen LogP contribution is -2.50. The normalized spacial score (nSPS) is 47.8. The van der Waals surface area contributed by atoms with Crippen molar-refractivity contribution >= 4 is 5.78 Å². The van der Waals surface area contributed by atoms with Crippen molar-refractivity contribution < 1.29 is 4.79 Å². The molecule has 16 fully saturated rings. The predicted octanol–water partition coefficient (Wildman–Crippen LogP) is 15.4. The lowest BCUT2D eigenvalue weighted by Gasteiger charge is -2.58. The molecular weight excluding hydrogens is 725 g/mol. The molecule has 18 rings (SSSR count). The molecule has 16 aliphatic rings. The topological polar surface area (TPSA) is 17.1 Å². The van der Waals surface area contributed by atoms with Crippen molar-refractivity contribution in [1.29, 1.82) is 0 Å². The van der Waals surface area contributed by atoms with E-state index in [0.29, 0.717) is 27.4 Å². The van der Waals surface area contributed by atoms with Gasteiger partial charge in [-0.2, -0.15) is 0 Å². The molecule has 0 radical (unpaired) electrons. The lowest BCUT2D eigenvalue weighted by atomic mass is 9.46. The Morgan fingerprint density at radius 3 is 0.700 bits per heavy atom. The molecule has 1 nitrogen and oxygen atoms in total. The van der Waals surface area contributed by atoms with E-state index in [2.05, 4.69) is 50.2 Å². The van der Waals surface area contributed by atoms with Gasteiger partial charge in [-0.05, 0) is 293 Å². The van der Waals surface area contributed by atoms with Crippen LogP contribution in [0.2, 0.25) is 0 Å². The molecule has 0 aromatic heterocycles. The van der Waals surface area contributed by atoms with Gasteiger partial charge in [0.1, 0.15) is 0 Å². The molecule has 0 heterocycles. The van der Waals surface area contributed by atoms with Crippen molar-refractivity contribution in [1.82, 2.24) is 0 Å². The van der Waals surface area contributed by atoms with Gasteiger partial charge in [-0.1, -0.05) is 51.7 Å². The largest absolute Gasteiger partial charge is 0.289 e. The fourth-order valence-electron chi connectivity index (χ4n) is 21.3. The monoisotopic (exact) mass is 805 g/mol. The van der Waals surface area contributed by atoms with E-state index in [1.807, 2.05) is 0 Å². The van der Waals surface area contributed by atoms with Crippen LogP contribution in [0.5, 0.6) is 0 Å². The Morgan fingerprint density at radius 1 is 0.350 bits per heavy atom. The number of hydrogen-bond donors (Lipinski definition) is 0. The fourth-order valence-corrected chi connectivity index (χ4v) is 21.3. The van der Waals surface area contributed by atoms with Crippen LogP contribution in [-0.4, -0.2) is 5.78 Å². The smallest absolute Gasteiger partial charge is 0.193 e. The zero-order chi connectivity index (χ0) is 40.0. The van der Waals surface area contributed by atoms with Gasteiger partial charge in [-0.15, -0.1) is 0 Å². The summed E-state index contributed by atoms with van der Waals surface area (Å²) in [6, 6.07) is 15.7. The summed E-state index contributed by atoms with van der Waals surface area (Å²) in [5.41, 5.74) is 9.98. The van der Waals surface area contributed by atoms with E-state index in [-0.39, 0.29) is 0 Å². The average Bonchev–Trinajstić information content (AvgIpc) is 3.21. The zero-order valence-corrected chi connectivity index (χ0v) is 38.1. The van der Waals surface area contributed by atoms with E-state index < -0.39 is 0 Å². The molecule has 2 aromatic rings. The van der Waals surface area contributed by atoms with Crippen molar-refractivity contribution in [2.45, 2.75) is 215 Å². The number of carbonyl (C=O) groups excluding carboxylic acids is 1. The fraction of sp³-hybridized carbons (Fsp3) is 0.780. The Bertz CT molecular complexity index is 1600. The summed E-state index contributed by atoms with van der Waals surface area (Å²) < 4.78 is 0. The van der Waals surface area contributed by atoms with Gasteiger partial charge in [0.25, 0.3) is 0 Å². The Labute approximate surface area is 365 Å². The molecular formula is C59H80O. The number of ketones is 1. The molecule has 16 bridgehead atoms. The molecule has 0 amide bonds. The van der Waals surface area contributed by atoms with Crippen LogP contribution < -0.4 is 0 Å². The van der Waals surface area contributed by atoms with Crippen LogP contribution >= 0.6 is 0 Å². The quantitative estimate of drug-likeness (QED) is 0.182. The Hall–Kier alpha value is -1.89. The van der Waals surface area contributed by atoms with Crippen molar-refractivity contribution in [2.24, 2.45) is 71.0 Å². The van der Waals surface area contributed by atoms with Crippen LogP contribution in [0.4, 0.5) is 0 Å². The maximum Gasteiger partial charge on any atom is 0.193 e. The summed E-state index contributed by atoms with van der Waals surface area (Å²) in [6.45, 7) is 4.46. The molecule has 16 aliphatic carbocycles. The predicted molar refractivity (Wildman–Crippen MR) is 246 cm³/mol. The first-order valence-electron chi connectivity index (χ1n) is 27.0. The Morgan fingerprint density at radius 2 is 0.533 bits per heavy atom. The summed E-state index contributed by atoms with van der Waals surface area (Å²) in [7, 11) is 0. The maximum atomic E-state index is 15.8. The first-order chi connectivity index (χ1) is 29.2. The van der Waals surface area contributed by atoms with Gasteiger partial charge >= 0.3 is 0 Å². The van der Waals surface area contributed by atoms with Gasteiger partial charge in [-0.25, -0.2) is 0 Å². The maximum absolute atomic E-state index is 15.8. The molecule has 60 heavy (non-hydrogen) atoms. The minimum Gasteiger partial charge on any atom is -0.289 e. The lowest BCUT2D eigenvalue weighted by molar-refractivity contribution is -0.00857. The Balaban J connectivity index is 0.000000579. The summed E-state index contributed by atoms with van der Waals surface area (Å²) in [4.78, 5) is 15.8. The van der Waals surface area contributed by atoms with Crippen molar-refractivity contribution in [3.63, 3.8) is 0 Å². The van der Waals surface area contributed by atoms with Crippen LogP contribution in [-0.2, 0) is 21.7 Å². The van der Waals surface area contributed by atoms with Crippen LogP contribution in [0.15, 0.2) is 36.4 Å². The van der Waals surface area contributed by atoms with Crippen molar-refractivity contribution in [3.8, 4) is 0 Å². The van der Waals surface area contributed by atoms with Gasteiger partial charge in [0.15, 0.2) is 5.78 Å². The second kappa shape index (κ2) is 14.1.